The Labute approximate surface area is 191 Å². The summed E-state index contributed by atoms with van der Waals surface area (Å²) in [4.78, 5) is 13.6. The van der Waals surface area contributed by atoms with Crippen LogP contribution in [-0.4, -0.2) is 25.2 Å². The molecule has 0 radical (unpaired) electrons. The molecule has 5 rings (SSSR count). The van der Waals surface area contributed by atoms with Crippen LogP contribution in [-0.2, 0) is 4.79 Å². The van der Waals surface area contributed by atoms with E-state index in [1.807, 2.05) is 49.4 Å². The number of aryl methyl sites for hydroxylation is 1. The maximum Gasteiger partial charge on any atom is 0.233 e. The summed E-state index contributed by atoms with van der Waals surface area (Å²) in [5, 5.41) is 8.22. The van der Waals surface area contributed by atoms with E-state index in [1.165, 1.54) is 0 Å². The van der Waals surface area contributed by atoms with Gasteiger partial charge in [-0.1, -0.05) is 35.0 Å². The van der Waals surface area contributed by atoms with Crippen molar-refractivity contribution in [2.75, 3.05) is 19.5 Å². The summed E-state index contributed by atoms with van der Waals surface area (Å²) in [7, 11) is 3.21. The molecular formula is C25H23ClN2O4. The predicted molar refractivity (Wildman–Crippen MR) is 122 cm³/mol. The summed E-state index contributed by atoms with van der Waals surface area (Å²) < 4.78 is 16.5. The lowest BCUT2D eigenvalue weighted by molar-refractivity contribution is -0.116. The van der Waals surface area contributed by atoms with Gasteiger partial charge in [0.1, 0.15) is 0 Å². The van der Waals surface area contributed by atoms with Gasteiger partial charge in [-0.05, 0) is 54.7 Å². The van der Waals surface area contributed by atoms with Gasteiger partial charge in [0.15, 0.2) is 17.3 Å². The lowest BCUT2D eigenvalue weighted by Gasteiger charge is -2.34. The highest BCUT2D eigenvalue weighted by Crippen LogP contribution is 2.50. The van der Waals surface area contributed by atoms with Gasteiger partial charge in [-0.2, -0.15) is 0 Å². The number of fused-ring (bicyclic) bond motifs is 1. The molecule has 1 aromatic heterocycles. The van der Waals surface area contributed by atoms with Crippen molar-refractivity contribution in [3.8, 4) is 11.5 Å². The average Bonchev–Trinajstić information content (AvgIpc) is 3.17. The molecular weight excluding hydrogens is 428 g/mol. The summed E-state index contributed by atoms with van der Waals surface area (Å²) >= 11 is 6.05. The van der Waals surface area contributed by atoms with Gasteiger partial charge in [0.25, 0.3) is 0 Å². The van der Waals surface area contributed by atoms with Crippen LogP contribution in [0.1, 0.15) is 47.1 Å². The summed E-state index contributed by atoms with van der Waals surface area (Å²) in [5.41, 5.74) is 5.31. The maximum absolute atomic E-state index is 13.6. The van der Waals surface area contributed by atoms with Crippen molar-refractivity contribution in [3.05, 3.63) is 81.1 Å². The number of aromatic nitrogens is 1. The molecule has 3 aromatic rings. The molecule has 2 heterocycles. The van der Waals surface area contributed by atoms with Crippen LogP contribution in [0.3, 0.4) is 0 Å². The number of hydrogen-bond donors (Lipinski definition) is 1. The first-order chi connectivity index (χ1) is 15.5. The molecule has 32 heavy (non-hydrogen) atoms. The van der Waals surface area contributed by atoms with Crippen molar-refractivity contribution < 1.29 is 18.8 Å². The third kappa shape index (κ3) is 3.35. The van der Waals surface area contributed by atoms with Gasteiger partial charge in [0.2, 0.25) is 5.88 Å². The number of Topliss-reactive ketones (excluding diaryl/α,β-unsaturated/α-hetero) is 1. The highest BCUT2D eigenvalue weighted by molar-refractivity contribution is 6.30. The van der Waals surface area contributed by atoms with Crippen molar-refractivity contribution in [2.24, 2.45) is 0 Å². The Kier molecular flexibility index (Phi) is 5.18. The predicted octanol–water partition coefficient (Wildman–Crippen LogP) is 5.61. The number of benzene rings is 2. The van der Waals surface area contributed by atoms with E-state index in [4.69, 9.17) is 25.6 Å². The molecule has 0 saturated carbocycles. The first-order valence-corrected chi connectivity index (χ1v) is 10.8. The molecule has 0 saturated heterocycles. The van der Waals surface area contributed by atoms with Crippen LogP contribution in [0.5, 0.6) is 11.5 Å². The third-order valence-electron chi connectivity index (χ3n) is 6.34. The lowest BCUT2D eigenvalue weighted by atomic mass is 9.72. The van der Waals surface area contributed by atoms with Crippen molar-refractivity contribution >= 4 is 23.3 Å². The topological polar surface area (TPSA) is 73.6 Å². The fraction of sp³-hybridized carbons (Fsp3) is 0.280. The zero-order valence-electron chi connectivity index (χ0n) is 18.1. The first kappa shape index (κ1) is 20.6. The third-order valence-corrected chi connectivity index (χ3v) is 6.59. The fourth-order valence-electron chi connectivity index (χ4n) is 4.81. The quantitative estimate of drug-likeness (QED) is 0.556. The number of ketones is 1. The molecule has 2 aromatic carbocycles. The summed E-state index contributed by atoms with van der Waals surface area (Å²) in [6.45, 7) is 1.90. The minimum atomic E-state index is -0.286. The van der Waals surface area contributed by atoms with Gasteiger partial charge < -0.3 is 19.3 Å². The van der Waals surface area contributed by atoms with Crippen LogP contribution < -0.4 is 14.8 Å². The minimum absolute atomic E-state index is 0.0719. The summed E-state index contributed by atoms with van der Waals surface area (Å²) in [6, 6.07) is 13.5. The summed E-state index contributed by atoms with van der Waals surface area (Å²) in [5.74, 6) is 1.74. The highest BCUT2D eigenvalue weighted by atomic mass is 35.5. The van der Waals surface area contributed by atoms with Crippen LogP contribution >= 0.6 is 11.6 Å². The van der Waals surface area contributed by atoms with Crippen molar-refractivity contribution in [3.63, 3.8) is 0 Å². The highest BCUT2D eigenvalue weighted by Gasteiger charge is 2.41. The van der Waals surface area contributed by atoms with Gasteiger partial charge in [0, 0.05) is 28.6 Å². The van der Waals surface area contributed by atoms with E-state index < -0.39 is 0 Å². The van der Waals surface area contributed by atoms with E-state index >= 15 is 0 Å². The molecule has 1 aliphatic carbocycles. The largest absolute Gasteiger partial charge is 0.493 e. The van der Waals surface area contributed by atoms with Crippen LogP contribution in [0.15, 0.2) is 58.3 Å². The Bertz CT molecular complexity index is 1230. The second-order valence-electron chi connectivity index (χ2n) is 8.16. The Morgan fingerprint density at radius 2 is 1.75 bits per heavy atom. The zero-order valence-corrected chi connectivity index (χ0v) is 18.8. The Morgan fingerprint density at radius 1 is 1.03 bits per heavy atom. The second kappa shape index (κ2) is 8.02. The van der Waals surface area contributed by atoms with E-state index in [2.05, 4.69) is 10.5 Å². The molecule has 0 bridgehead atoms. The number of nitrogens with one attached hydrogen (secondary N) is 1. The van der Waals surface area contributed by atoms with Gasteiger partial charge in [-0.3, -0.25) is 4.79 Å². The number of anilines is 1. The molecule has 7 heteroatoms. The molecule has 2 aliphatic rings. The van der Waals surface area contributed by atoms with E-state index in [1.54, 1.807) is 14.2 Å². The molecule has 0 fully saturated rings. The fourth-order valence-corrected chi connectivity index (χ4v) is 4.93. The molecule has 0 unspecified atom stereocenters. The Balaban J connectivity index is 1.62. The molecule has 0 spiro atoms. The van der Waals surface area contributed by atoms with E-state index in [9.17, 15) is 4.79 Å². The smallest absolute Gasteiger partial charge is 0.233 e. The standard InChI is InChI=1S/C25H23ClN2O4/c1-13-22-23(15-6-9-20(30-2)21(12-15)31-3)24-18(27-25(22)32-28-13)10-16(11-19(24)29)14-4-7-17(26)8-5-14/h4-9,12,16,23,27H,10-11H2,1-3H3/t16-,23+/m0/s1. The maximum atomic E-state index is 13.6. The van der Waals surface area contributed by atoms with Crippen LogP contribution in [0, 0.1) is 6.92 Å². The molecule has 164 valence electrons. The first-order valence-electron chi connectivity index (χ1n) is 10.5. The van der Waals surface area contributed by atoms with Crippen molar-refractivity contribution in [1.29, 1.82) is 0 Å². The van der Waals surface area contributed by atoms with Gasteiger partial charge in [-0.25, -0.2) is 0 Å². The summed E-state index contributed by atoms with van der Waals surface area (Å²) in [6.07, 6.45) is 1.14. The van der Waals surface area contributed by atoms with Crippen molar-refractivity contribution in [1.82, 2.24) is 5.16 Å². The number of methoxy groups -OCH3 is 2. The van der Waals surface area contributed by atoms with Gasteiger partial charge >= 0.3 is 0 Å². The monoisotopic (exact) mass is 450 g/mol. The van der Waals surface area contributed by atoms with Crippen LogP contribution in [0.4, 0.5) is 5.88 Å². The normalized spacial score (nSPS) is 19.8. The van der Waals surface area contributed by atoms with Gasteiger partial charge in [-0.15, -0.1) is 0 Å². The van der Waals surface area contributed by atoms with Gasteiger partial charge in [0.05, 0.1) is 25.5 Å². The molecule has 0 amide bonds. The number of ether oxygens (including phenoxy) is 2. The Morgan fingerprint density at radius 3 is 2.47 bits per heavy atom. The second-order valence-corrected chi connectivity index (χ2v) is 8.59. The minimum Gasteiger partial charge on any atom is -0.493 e. The van der Waals surface area contributed by atoms with Crippen LogP contribution in [0.25, 0.3) is 0 Å². The molecule has 6 nitrogen and oxygen atoms in total. The number of rotatable bonds is 4. The number of halogens is 1. The molecule has 1 N–H and O–H groups in total. The lowest BCUT2D eigenvalue weighted by Crippen LogP contribution is -2.29. The van der Waals surface area contributed by atoms with Crippen molar-refractivity contribution in [2.45, 2.75) is 31.6 Å². The average molecular weight is 451 g/mol. The van der Waals surface area contributed by atoms with Crippen LogP contribution in [0.2, 0.25) is 5.02 Å². The zero-order chi connectivity index (χ0) is 22.4. The van der Waals surface area contributed by atoms with E-state index in [0.717, 1.165) is 33.7 Å². The van der Waals surface area contributed by atoms with E-state index in [0.29, 0.717) is 35.2 Å². The Hall–Kier alpha value is -3.25. The number of nitrogens with zero attached hydrogens (tertiary/aromatic N) is 1. The molecule has 1 aliphatic heterocycles. The number of carbonyl (C=O) groups is 1. The van der Waals surface area contributed by atoms with E-state index in [-0.39, 0.29) is 17.6 Å². The number of carbonyl (C=O) groups excluding carboxylic acids is 1. The number of allylic oxidation sites excluding steroid dienone is 2. The SMILES string of the molecule is COc1ccc([C@H]2C3=C(C[C@H](c4ccc(Cl)cc4)CC3=O)Nc3onc(C)c32)cc1OC. The number of hydrogen-bond acceptors (Lipinski definition) is 6. The molecule has 2 atom stereocenters.